The fraction of sp³-hybridized carbons (Fsp3) is 0.667. The molecule has 0 radical (unpaired) electrons. The second kappa shape index (κ2) is 51.3. The molecule has 0 unspecified atom stereocenters. The minimum absolute atomic E-state index is 0. The van der Waals surface area contributed by atoms with Crippen LogP contribution >= 0.6 is 0 Å². The van der Waals surface area contributed by atoms with Crippen molar-refractivity contribution in [3.8, 4) is 0 Å². The van der Waals surface area contributed by atoms with Gasteiger partial charge in [0.25, 0.3) is 0 Å². The van der Waals surface area contributed by atoms with Crippen LogP contribution in [0.3, 0.4) is 0 Å². The second-order valence-electron chi connectivity index (χ2n) is 1.57. The Labute approximate surface area is 135 Å². The number of hydrogen-bond acceptors (Lipinski definition) is 13. The molecule has 0 aromatic heterocycles. The molecule has 22 heavy (non-hydrogen) atoms. The van der Waals surface area contributed by atoms with E-state index in [4.69, 9.17) is 62.2 Å². The van der Waals surface area contributed by atoms with E-state index in [0.29, 0.717) is 13.1 Å². The predicted molar refractivity (Wildman–Crippen MR) is 64.4 cm³/mol. The zero-order valence-corrected chi connectivity index (χ0v) is 12.6. The summed E-state index contributed by atoms with van der Waals surface area (Å²) in [5.41, 5.74) is 15.0. The molecule has 0 fully saturated rings. The Balaban J connectivity index is -0.0000000252. The van der Waals surface area contributed by atoms with Gasteiger partial charge in [-0.2, -0.15) is 0 Å². The van der Waals surface area contributed by atoms with Crippen LogP contribution in [0.2, 0.25) is 0 Å². The zero-order valence-electron chi connectivity index (χ0n) is 10.4. The molecule has 0 aliphatic heterocycles. The van der Waals surface area contributed by atoms with E-state index in [1.165, 1.54) is 5.34 Å². The van der Waals surface area contributed by atoms with Crippen LogP contribution in [0.1, 0.15) is 0 Å². The Bertz CT molecular complexity index is 220. The van der Waals surface area contributed by atoms with Gasteiger partial charge in [-0.15, -0.1) is 4.91 Å². The van der Waals surface area contributed by atoms with Gasteiger partial charge in [0.1, 0.15) is 0 Å². The molecular weight excluding hydrogens is 505 g/mol. The molecule has 0 saturated carbocycles. The first kappa shape index (κ1) is 42.7. The smallest absolute Gasteiger partial charge is 0.870 e. The molecule has 2 amide bonds. The van der Waals surface area contributed by atoms with Crippen molar-refractivity contribution in [2.45, 2.75) is 0 Å². The van der Waals surface area contributed by atoms with Crippen LogP contribution in [0.15, 0.2) is 5.34 Å². The molecule has 0 saturated heterocycles. The summed E-state index contributed by atoms with van der Waals surface area (Å²) in [5.74, 6) is 0. The minimum Gasteiger partial charge on any atom is -0.870 e. The first-order valence-corrected chi connectivity index (χ1v) is 3.74. The summed E-state index contributed by atoms with van der Waals surface area (Å²) < 4.78 is 0. The molecule has 136 valence electrons. The van der Waals surface area contributed by atoms with Gasteiger partial charge in [0, 0.05) is 13.1 Å². The molecule has 0 atom stereocenters. The Kier molecular flexibility index (Phi) is 99.6. The largest absolute Gasteiger partial charge is 4.00 e. The average Bonchev–Trinajstić information content (AvgIpc) is 2.29. The van der Waals surface area contributed by atoms with Crippen LogP contribution < -0.4 is 22.7 Å². The van der Waals surface area contributed by atoms with E-state index in [-0.39, 0.29) is 26.5 Å². The first-order valence-electron chi connectivity index (χ1n) is 3.74. The molecule has 0 bridgehead atoms. The minimum atomic E-state index is -1.75. The number of primary amides is 1. The Hall–Kier alpha value is -2.40. The molecule has 0 aliphatic carbocycles. The molecular formula is C3H13N7O11Pt. The van der Waals surface area contributed by atoms with Crippen LogP contribution in [0.25, 0.3) is 0 Å². The van der Waals surface area contributed by atoms with E-state index in [2.05, 4.69) is 5.73 Å². The van der Waals surface area contributed by atoms with Gasteiger partial charge in [0.2, 0.25) is 0 Å². The molecule has 19 heteroatoms. The van der Waals surface area contributed by atoms with Crippen molar-refractivity contribution in [2.24, 2.45) is 22.5 Å². The van der Waals surface area contributed by atoms with Gasteiger partial charge in [-0.1, -0.05) is 0 Å². The van der Waals surface area contributed by atoms with E-state index in [1.807, 2.05) is 0 Å². The summed E-state index contributed by atoms with van der Waals surface area (Å²) in [6.07, 6.45) is 0. The maximum atomic E-state index is 9.17. The molecule has 0 aromatic carbocycles. The standard InChI is InChI=1S/C2H8N2.CH3N2O2.2NO3.HNO2.H2O.Pt/c3-1-2-4;2-1(4)3-5;2*2-1(3)4;2-1-3;;/h1-4H2;(H3-,2,3,4,5);;;(H,2,3);1H2;/q;3*-1;;;+4/p-1. The summed E-state index contributed by atoms with van der Waals surface area (Å²) >= 11 is 0. The van der Waals surface area contributed by atoms with Gasteiger partial charge in [-0.25, -0.2) is 0 Å². The molecule has 0 aliphatic rings. The molecule has 0 heterocycles. The van der Waals surface area contributed by atoms with Gasteiger partial charge in [0.05, 0.1) is 10.2 Å². The molecule has 0 rings (SSSR count). The monoisotopic (exact) mass is 518 g/mol. The number of nitrogens with two attached hydrogens (primary N) is 3. The Morgan fingerprint density at radius 1 is 1.09 bits per heavy atom. The summed E-state index contributed by atoms with van der Waals surface area (Å²) in [6, 6.07) is -1.05. The van der Waals surface area contributed by atoms with Gasteiger partial charge >= 0.3 is 27.1 Å². The SMILES string of the molecule is NC(=O)N[O-].NCCN.O=NO.O=[N+]([O-])[O-].O=[N+]([O-])[O-].[OH-].[Pt+4]. The quantitative estimate of drug-likeness (QED) is 0.137. The van der Waals surface area contributed by atoms with E-state index in [1.54, 1.807) is 0 Å². The third-order valence-corrected chi connectivity index (χ3v) is 0.267. The van der Waals surface area contributed by atoms with Crippen LogP contribution in [-0.4, -0.2) is 40.0 Å². The topological polar surface area (TPSA) is 342 Å². The maximum Gasteiger partial charge on any atom is 4.00 e. The Morgan fingerprint density at radius 3 is 1.18 bits per heavy atom. The molecule has 18 nitrogen and oxygen atoms in total. The number of hydroxylamine groups is 1. The predicted octanol–water partition coefficient (Wildman–Crippen LogP) is -2.46. The van der Waals surface area contributed by atoms with Crippen molar-refractivity contribution >= 4 is 6.03 Å². The summed E-state index contributed by atoms with van der Waals surface area (Å²) in [4.78, 5) is 33.8. The van der Waals surface area contributed by atoms with Gasteiger partial charge in [-0.05, 0) is 0 Å². The van der Waals surface area contributed by atoms with Gasteiger partial charge in [0.15, 0.2) is 5.34 Å². The van der Waals surface area contributed by atoms with Crippen molar-refractivity contribution in [1.82, 2.24) is 5.48 Å². The average molecular weight is 518 g/mol. The number of nitrogens with one attached hydrogen (secondary N) is 1. The fourth-order valence-corrected chi connectivity index (χ4v) is 0. The van der Waals surface area contributed by atoms with Crippen LogP contribution in [-0.2, 0) is 21.1 Å². The Morgan fingerprint density at radius 2 is 1.18 bits per heavy atom. The second-order valence-corrected chi connectivity index (χ2v) is 1.57. The van der Waals surface area contributed by atoms with Crippen LogP contribution in [0.5, 0.6) is 0 Å². The summed E-state index contributed by atoms with van der Waals surface area (Å²) in [6.45, 7) is 1.19. The van der Waals surface area contributed by atoms with Crippen molar-refractivity contribution in [3.63, 3.8) is 0 Å². The molecule has 9 N–H and O–H groups in total. The maximum absolute atomic E-state index is 9.17. The van der Waals surface area contributed by atoms with Gasteiger partial charge in [-0.3, -0.25) is 4.79 Å². The number of amides is 2. The fourth-order valence-electron chi connectivity index (χ4n) is 0. The number of hydrogen-bond donors (Lipinski definition) is 5. The zero-order chi connectivity index (χ0) is 17.6. The first-order chi connectivity index (χ1) is 9.06. The normalized spacial score (nSPS) is 5.59. The number of urea groups is 1. The molecule has 0 aromatic rings. The summed E-state index contributed by atoms with van der Waals surface area (Å²) in [5, 5.41) is 46.3. The molecule has 0 spiro atoms. The van der Waals surface area contributed by atoms with E-state index in [9.17, 15) is 0 Å². The third-order valence-electron chi connectivity index (χ3n) is 0.267. The number of carbonyl (C=O) groups excluding carboxylic acids is 1. The van der Waals surface area contributed by atoms with E-state index < -0.39 is 16.2 Å². The summed E-state index contributed by atoms with van der Waals surface area (Å²) in [7, 11) is 0. The number of rotatable bonds is 1. The number of nitrogens with zero attached hydrogens (tertiary/aromatic N) is 3. The van der Waals surface area contributed by atoms with Crippen molar-refractivity contribution in [1.29, 1.82) is 0 Å². The van der Waals surface area contributed by atoms with Crippen LogP contribution in [0.4, 0.5) is 4.79 Å². The third kappa shape index (κ3) is 13500. The number of carbonyl (C=O) groups is 1. The van der Waals surface area contributed by atoms with E-state index >= 15 is 0 Å². The van der Waals surface area contributed by atoms with Gasteiger partial charge < -0.3 is 69.2 Å². The van der Waals surface area contributed by atoms with E-state index in [0.717, 1.165) is 5.48 Å². The van der Waals surface area contributed by atoms with Crippen LogP contribution in [0, 0.1) is 40.8 Å². The van der Waals surface area contributed by atoms with Crippen molar-refractivity contribution in [3.05, 3.63) is 40.8 Å². The van der Waals surface area contributed by atoms with Crippen molar-refractivity contribution in [2.75, 3.05) is 13.1 Å². The van der Waals surface area contributed by atoms with Crippen molar-refractivity contribution < 1.29 is 46.7 Å².